The number of hydrogen-bond acceptors (Lipinski definition) is 4. The van der Waals surface area contributed by atoms with Crippen LogP contribution in [0.3, 0.4) is 0 Å². The molecule has 0 radical (unpaired) electrons. The molecule has 0 aliphatic rings. The first-order valence-corrected chi connectivity index (χ1v) is 11.7. The molecule has 1 amide bonds. The monoisotopic (exact) mass is 569 g/mol. The number of carbonyl (C=O) groups is 1. The number of rotatable bonds is 6. The first kappa shape index (κ1) is 30.7. The Morgan fingerprint density at radius 3 is 2.08 bits per heavy atom. The average Bonchev–Trinajstić information content (AvgIpc) is 2.86. The molecule has 3 aromatic carbocycles. The third kappa shape index (κ3) is 8.78. The predicted molar refractivity (Wildman–Crippen MR) is 144 cm³/mol. The number of aliphatic imine (C=N–C) groups is 1. The first-order chi connectivity index (χ1) is 17.7. The van der Waals surface area contributed by atoms with E-state index in [9.17, 15) is 22.4 Å². The number of amides is 1. The van der Waals surface area contributed by atoms with Gasteiger partial charge in [0.15, 0.2) is 0 Å². The molecule has 5 nitrogen and oxygen atoms in total. The third-order valence-electron chi connectivity index (χ3n) is 5.08. The molecule has 0 heterocycles. The molecule has 38 heavy (non-hydrogen) atoms. The fourth-order valence-corrected chi connectivity index (χ4v) is 3.34. The fraction of sp³-hybridized carbons (Fsp3) is 0.185. The van der Waals surface area contributed by atoms with Gasteiger partial charge in [-0.3, -0.25) is 9.79 Å². The van der Waals surface area contributed by atoms with E-state index in [1.54, 1.807) is 50.4 Å². The van der Waals surface area contributed by atoms with Crippen molar-refractivity contribution >= 4 is 40.5 Å². The van der Waals surface area contributed by atoms with Crippen LogP contribution in [0.5, 0.6) is 11.5 Å². The molecule has 0 aromatic heterocycles. The van der Waals surface area contributed by atoms with Crippen molar-refractivity contribution in [2.45, 2.75) is 26.6 Å². The van der Waals surface area contributed by atoms with E-state index in [1.807, 2.05) is 6.92 Å². The van der Waals surface area contributed by atoms with Crippen LogP contribution in [0.1, 0.15) is 30.5 Å². The van der Waals surface area contributed by atoms with Gasteiger partial charge in [0.1, 0.15) is 17.3 Å². The van der Waals surface area contributed by atoms with Crippen molar-refractivity contribution in [3.05, 3.63) is 99.3 Å². The number of halogens is 6. The number of hydrogen-bond donors (Lipinski definition) is 2. The molecule has 3 aromatic rings. The zero-order valence-corrected chi connectivity index (χ0v) is 22.2. The summed E-state index contributed by atoms with van der Waals surface area (Å²) >= 11 is 11.7. The van der Waals surface area contributed by atoms with Gasteiger partial charge in [0.25, 0.3) is 0 Å². The molecule has 0 aliphatic heterocycles. The van der Waals surface area contributed by atoms with E-state index < -0.39 is 17.6 Å². The molecular weight excluding hydrogens is 545 g/mol. The molecule has 0 aliphatic carbocycles. The summed E-state index contributed by atoms with van der Waals surface area (Å²) in [5.41, 5.74) is 7.55. The highest BCUT2D eigenvalue weighted by molar-refractivity contribution is 6.39. The van der Waals surface area contributed by atoms with Gasteiger partial charge in [-0.2, -0.15) is 13.2 Å². The van der Waals surface area contributed by atoms with Crippen molar-refractivity contribution in [3.63, 3.8) is 0 Å². The number of nitrogen functional groups attached to an aromatic ring is 1. The summed E-state index contributed by atoms with van der Waals surface area (Å²) in [6, 6.07) is 12.3. The minimum Gasteiger partial charge on any atom is -0.457 e. The Morgan fingerprint density at radius 2 is 1.58 bits per heavy atom. The van der Waals surface area contributed by atoms with Gasteiger partial charge in [-0.1, -0.05) is 41.9 Å². The van der Waals surface area contributed by atoms with Gasteiger partial charge in [0.05, 0.1) is 21.3 Å². The predicted octanol–water partition coefficient (Wildman–Crippen LogP) is 7.84. The number of nitrogens with zero attached hydrogens (tertiary/aromatic N) is 1. The number of nitrogens with one attached hydrogen (secondary N) is 1. The molecule has 3 N–H and O–H groups in total. The van der Waals surface area contributed by atoms with Gasteiger partial charge in [0.2, 0.25) is 5.91 Å². The smallest absolute Gasteiger partial charge is 0.419 e. The Labute approximate surface area is 227 Å². The lowest BCUT2D eigenvalue weighted by atomic mass is 10.1. The molecule has 11 heteroatoms. The fourth-order valence-electron chi connectivity index (χ4n) is 2.85. The molecule has 0 spiro atoms. The summed E-state index contributed by atoms with van der Waals surface area (Å²) < 4.78 is 56.6. The second-order valence-corrected chi connectivity index (χ2v) is 8.83. The Hall–Kier alpha value is -3.56. The van der Waals surface area contributed by atoms with E-state index in [4.69, 9.17) is 33.7 Å². The van der Waals surface area contributed by atoms with E-state index in [0.29, 0.717) is 33.4 Å². The highest BCUT2D eigenvalue weighted by atomic mass is 35.5. The molecule has 0 saturated heterocycles. The van der Waals surface area contributed by atoms with Crippen molar-refractivity contribution in [1.29, 1.82) is 0 Å². The first-order valence-electron chi connectivity index (χ1n) is 11.0. The van der Waals surface area contributed by atoms with E-state index in [0.717, 1.165) is 22.9 Å². The standard InChI is InChI=1S/C18H15F4NO2.C9H10Cl2N2/c1-11(2)17(24)23-10-12-3-5-13(6-4-12)25-14-7-8-16(19)15(9-14)18(20,21)22;1-5(13-2)6-3-7(10)9(12)8(11)4-6/h3-9H,1,10H2,2H3,(H,23,24);3-4H,12H2,1-2H3. The molecule has 0 fully saturated rings. The summed E-state index contributed by atoms with van der Waals surface area (Å²) in [4.78, 5) is 15.4. The highest BCUT2D eigenvalue weighted by Gasteiger charge is 2.34. The Morgan fingerprint density at radius 1 is 1.03 bits per heavy atom. The van der Waals surface area contributed by atoms with Gasteiger partial charge in [0, 0.05) is 24.9 Å². The minimum atomic E-state index is -4.80. The molecule has 0 atom stereocenters. The summed E-state index contributed by atoms with van der Waals surface area (Å²) in [7, 11) is 1.72. The summed E-state index contributed by atoms with van der Waals surface area (Å²) in [6.45, 7) is 7.27. The number of benzene rings is 3. The van der Waals surface area contributed by atoms with Crippen LogP contribution < -0.4 is 15.8 Å². The van der Waals surface area contributed by atoms with Crippen LogP contribution in [-0.4, -0.2) is 18.7 Å². The lowest BCUT2D eigenvalue weighted by Gasteiger charge is -2.11. The maximum Gasteiger partial charge on any atom is 0.419 e. The van der Waals surface area contributed by atoms with Crippen molar-refractivity contribution in [1.82, 2.24) is 5.32 Å². The topological polar surface area (TPSA) is 76.7 Å². The van der Waals surface area contributed by atoms with E-state index in [-0.39, 0.29) is 24.0 Å². The SMILES string of the molecule is C=C(C)C(=O)NCc1ccc(Oc2ccc(F)c(C(F)(F)F)c2)cc1.CN=C(C)c1cc(Cl)c(N)c(Cl)c1. The number of nitrogens with two attached hydrogens (primary N) is 1. The second kappa shape index (κ2) is 13.3. The van der Waals surface area contributed by atoms with E-state index >= 15 is 0 Å². The Kier molecular flexibility index (Phi) is 10.7. The number of anilines is 1. The quantitative estimate of drug-likeness (QED) is 0.137. The molecule has 0 unspecified atom stereocenters. The van der Waals surface area contributed by atoms with Crippen molar-refractivity contribution in [2.75, 3.05) is 12.8 Å². The maximum atomic E-state index is 13.2. The zero-order valence-electron chi connectivity index (χ0n) is 20.7. The molecule has 202 valence electrons. The van der Waals surface area contributed by atoms with Crippen LogP contribution in [-0.2, 0) is 17.5 Å². The van der Waals surface area contributed by atoms with Crippen molar-refractivity contribution in [2.24, 2.45) is 4.99 Å². The van der Waals surface area contributed by atoms with Crippen LogP contribution in [0.25, 0.3) is 0 Å². The van der Waals surface area contributed by atoms with Crippen LogP contribution >= 0.6 is 23.2 Å². The Balaban J connectivity index is 0.000000328. The van der Waals surface area contributed by atoms with E-state index in [2.05, 4.69) is 16.9 Å². The number of alkyl halides is 3. The summed E-state index contributed by atoms with van der Waals surface area (Å²) in [5.74, 6) is -1.47. The lowest BCUT2D eigenvalue weighted by molar-refractivity contribution is -0.140. The van der Waals surface area contributed by atoms with Gasteiger partial charge in [-0.25, -0.2) is 4.39 Å². The average molecular weight is 570 g/mol. The van der Waals surface area contributed by atoms with Crippen LogP contribution in [0, 0.1) is 5.82 Å². The number of ether oxygens (including phenoxy) is 1. The molecule has 0 saturated carbocycles. The lowest BCUT2D eigenvalue weighted by Crippen LogP contribution is -2.22. The van der Waals surface area contributed by atoms with Gasteiger partial charge < -0.3 is 15.8 Å². The van der Waals surface area contributed by atoms with Gasteiger partial charge in [-0.15, -0.1) is 0 Å². The van der Waals surface area contributed by atoms with Crippen molar-refractivity contribution in [3.8, 4) is 11.5 Å². The number of carbonyl (C=O) groups excluding carboxylic acids is 1. The summed E-state index contributed by atoms with van der Waals surface area (Å²) in [5, 5.41) is 3.58. The maximum absolute atomic E-state index is 13.2. The van der Waals surface area contributed by atoms with Gasteiger partial charge in [-0.05, 0) is 67.4 Å². The normalized spacial score (nSPS) is 11.3. The van der Waals surface area contributed by atoms with Crippen LogP contribution in [0.2, 0.25) is 10.0 Å². The van der Waals surface area contributed by atoms with Crippen LogP contribution in [0.4, 0.5) is 23.2 Å². The van der Waals surface area contributed by atoms with Gasteiger partial charge >= 0.3 is 6.18 Å². The Bertz CT molecular complexity index is 1320. The van der Waals surface area contributed by atoms with Crippen LogP contribution in [0.15, 0.2) is 71.7 Å². The molecular formula is C27H25Cl2F4N3O2. The van der Waals surface area contributed by atoms with Crippen molar-refractivity contribution < 1.29 is 27.1 Å². The second-order valence-electron chi connectivity index (χ2n) is 8.01. The largest absolute Gasteiger partial charge is 0.457 e. The summed E-state index contributed by atoms with van der Waals surface area (Å²) in [6.07, 6.45) is -4.80. The molecule has 0 bridgehead atoms. The molecule has 3 rings (SSSR count). The highest BCUT2D eigenvalue weighted by Crippen LogP contribution is 2.35. The zero-order chi connectivity index (χ0) is 28.6. The minimum absolute atomic E-state index is 0.128. The third-order valence-corrected chi connectivity index (χ3v) is 5.70. The van der Waals surface area contributed by atoms with E-state index in [1.165, 1.54) is 0 Å².